The maximum absolute atomic E-state index is 11.5. The van der Waals surface area contributed by atoms with Gasteiger partial charge in [0.05, 0.1) is 6.61 Å². The van der Waals surface area contributed by atoms with Crippen LogP contribution < -0.4 is 10.1 Å². The van der Waals surface area contributed by atoms with Crippen molar-refractivity contribution in [3.8, 4) is 5.75 Å². The lowest BCUT2D eigenvalue weighted by molar-refractivity contribution is -0.143. The highest BCUT2D eigenvalue weighted by molar-refractivity contribution is 5.76. The van der Waals surface area contributed by atoms with Crippen LogP contribution in [0, 0.1) is 0 Å². The Kier molecular flexibility index (Phi) is 4.44. The number of aryl methyl sites for hydroxylation is 1. The van der Waals surface area contributed by atoms with Crippen LogP contribution >= 0.6 is 0 Å². The molecule has 0 aromatic heterocycles. The number of carbonyl (C=O) groups excluding carboxylic acids is 1. The number of esters is 1. The number of nitrogens with one attached hydrogen (secondary N) is 1. The molecule has 1 aromatic rings. The summed E-state index contributed by atoms with van der Waals surface area (Å²) in [6.07, 6.45) is 4.85. The van der Waals surface area contributed by atoms with E-state index in [1.54, 1.807) is 0 Å². The molecule has 114 valence electrons. The largest absolute Gasteiger partial charge is 0.479 e. The van der Waals surface area contributed by atoms with E-state index in [0.29, 0.717) is 19.1 Å². The molecule has 2 aliphatic rings. The number of cyclic esters (lactones) is 1. The van der Waals surface area contributed by atoms with Crippen LogP contribution in [0.25, 0.3) is 0 Å². The molecule has 0 saturated carbocycles. The number of fused-ring (bicyclic) bond motifs is 1. The van der Waals surface area contributed by atoms with E-state index in [-0.39, 0.29) is 5.97 Å². The van der Waals surface area contributed by atoms with Crippen LogP contribution in [-0.4, -0.2) is 25.2 Å². The summed E-state index contributed by atoms with van der Waals surface area (Å²) in [5.74, 6) is 0.545. The molecule has 0 spiro atoms. The standard InChI is InChI=1S/C17H23NO3/c1-2-9-18-15-5-3-4-12-11-13(6-7-14(12)15)21-16-8-10-20-17(16)19/h6-7,11,15-16,18H,2-5,8-10H2,1H3. The van der Waals surface area contributed by atoms with Gasteiger partial charge >= 0.3 is 5.97 Å². The SMILES string of the molecule is CCCNC1CCCc2cc(OC3CCOC3=O)ccc21. The summed E-state index contributed by atoms with van der Waals surface area (Å²) in [5.41, 5.74) is 2.73. The van der Waals surface area contributed by atoms with E-state index in [9.17, 15) is 4.79 Å². The van der Waals surface area contributed by atoms with Gasteiger partial charge in [-0.15, -0.1) is 0 Å². The molecule has 1 aromatic carbocycles. The van der Waals surface area contributed by atoms with Crippen molar-refractivity contribution in [2.75, 3.05) is 13.2 Å². The van der Waals surface area contributed by atoms with Crippen LogP contribution in [0.4, 0.5) is 0 Å². The summed E-state index contributed by atoms with van der Waals surface area (Å²) in [5, 5.41) is 3.61. The minimum Gasteiger partial charge on any atom is -0.479 e. The van der Waals surface area contributed by atoms with Gasteiger partial charge in [0.1, 0.15) is 5.75 Å². The molecule has 1 heterocycles. The normalized spacial score (nSPS) is 24.5. The van der Waals surface area contributed by atoms with Crippen LogP contribution in [0.2, 0.25) is 0 Å². The molecule has 1 saturated heterocycles. The Morgan fingerprint density at radius 2 is 2.29 bits per heavy atom. The van der Waals surface area contributed by atoms with Gasteiger partial charge in [0.15, 0.2) is 6.10 Å². The topological polar surface area (TPSA) is 47.6 Å². The molecule has 0 bridgehead atoms. The number of rotatable bonds is 5. The maximum Gasteiger partial charge on any atom is 0.347 e. The van der Waals surface area contributed by atoms with E-state index in [2.05, 4.69) is 24.4 Å². The molecule has 1 aliphatic carbocycles. The predicted molar refractivity (Wildman–Crippen MR) is 80.4 cm³/mol. The predicted octanol–water partition coefficient (Wildman–Crippen LogP) is 2.76. The highest BCUT2D eigenvalue weighted by Crippen LogP contribution is 2.32. The van der Waals surface area contributed by atoms with Crippen molar-refractivity contribution in [2.24, 2.45) is 0 Å². The van der Waals surface area contributed by atoms with E-state index in [0.717, 1.165) is 25.1 Å². The zero-order valence-corrected chi connectivity index (χ0v) is 12.6. The summed E-state index contributed by atoms with van der Waals surface area (Å²) in [6.45, 7) is 3.71. The second-order valence-corrected chi connectivity index (χ2v) is 5.82. The summed E-state index contributed by atoms with van der Waals surface area (Å²) in [7, 11) is 0. The number of hydrogen-bond acceptors (Lipinski definition) is 4. The minimum absolute atomic E-state index is 0.241. The van der Waals surface area contributed by atoms with Crippen LogP contribution in [0.3, 0.4) is 0 Å². The first kappa shape index (κ1) is 14.4. The Labute approximate surface area is 125 Å². The van der Waals surface area contributed by atoms with E-state index in [1.165, 1.54) is 24.0 Å². The van der Waals surface area contributed by atoms with Gasteiger partial charge in [-0.05, 0) is 55.5 Å². The number of benzene rings is 1. The van der Waals surface area contributed by atoms with Gasteiger partial charge in [-0.1, -0.05) is 13.0 Å². The molecule has 0 amide bonds. The molecule has 1 fully saturated rings. The van der Waals surface area contributed by atoms with Crippen LogP contribution in [0.1, 0.15) is 49.8 Å². The molecule has 1 N–H and O–H groups in total. The maximum atomic E-state index is 11.5. The molecule has 2 atom stereocenters. The van der Waals surface area contributed by atoms with Crippen molar-refractivity contribution in [1.82, 2.24) is 5.32 Å². The fraction of sp³-hybridized carbons (Fsp3) is 0.588. The zero-order chi connectivity index (χ0) is 14.7. The Balaban J connectivity index is 1.73. The van der Waals surface area contributed by atoms with Crippen LogP contribution in [-0.2, 0) is 16.0 Å². The van der Waals surface area contributed by atoms with Gasteiger partial charge in [-0.2, -0.15) is 0 Å². The zero-order valence-electron chi connectivity index (χ0n) is 12.6. The van der Waals surface area contributed by atoms with Gasteiger partial charge in [-0.3, -0.25) is 0 Å². The Bertz CT molecular complexity index is 515. The van der Waals surface area contributed by atoms with Gasteiger partial charge in [-0.25, -0.2) is 4.79 Å². The molecule has 21 heavy (non-hydrogen) atoms. The molecule has 2 unspecified atom stereocenters. The van der Waals surface area contributed by atoms with Gasteiger partial charge in [0.2, 0.25) is 0 Å². The number of carbonyl (C=O) groups is 1. The molecule has 3 rings (SSSR count). The second-order valence-electron chi connectivity index (χ2n) is 5.82. The fourth-order valence-corrected chi connectivity index (χ4v) is 3.14. The van der Waals surface area contributed by atoms with E-state index in [1.807, 2.05) is 6.07 Å². The summed E-state index contributed by atoms with van der Waals surface area (Å²) < 4.78 is 10.7. The first-order valence-corrected chi connectivity index (χ1v) is 7.97. The molecule has 0 radical (unpaired) electrons. The van der Waals surface area contributed by atoms with E-state index < -0.39 is 6.10 Å². The summed E-state index contributed by atoms with van der Waals surface area (Å²) >= 11 is 0. The highest BCUT2D eigenvalue weighted by atomic mass is 16.6. The average molecular weight is 289 g/mol. The van der Waals surface area contributed by atoms with Crippen molar-refractivity contribution in [1.29, 1.82) is 0 Å². The smallest absolute Gasteiger partial charge is 0.347 e. The van der Waals surface area contributed by atoms with Crippen LogP contribution in [0.15, 0.2) is 18.2 Å². The lowest BCUT2D eigenvalue weighted by atomic mass is 9.87. The Morgan fingerprint density at radius 3 is 3.05 bits per heavy atom. The van der Waals surface area contributed by atoms with Crippen molar-refractivity contribution in [2.45, 2.75) is 51.2 Å². The Morgan fingerprint density at radius 1 is 1.38 bits per heavy atom. The molecular weight excluding hydrogens is 266 g/mol. The van der Waals surface area contributed by atoms with Crippen molar-refractivity contribution in [3.63, 3.8) is 0 Å². The molecule has 4 heteroatoms. The lowest BCUT2D eigenvalue weighted by Crippen LogP contribution is -2.26. The van der Waals surface area contributed by atoms with Gasteiger partial charge in [0.25, 0.3) is 0 Å². The van der Waals surface area contributed by atoms with E-state index >= 15 is 0 Å². The fourth-order valence-electron chi connectivity index (χ4n) is 3.14. The molecule has 4 nitrogen and oxygen atoms in total. The number of ether oxygens (including phenoxy) is 2. The highest BCUT2D eigenvalue weighted by Gasteiger charge is 2.29. The first-order chi connectivity index (χ1) is 10.3. The third kappa shape index (κ3) is 3.21. The molecular formula is C17H23NO3. The first-order valence-electron chi connectivity index (χ1n) is 7.97. The third-order valence-corrected chi connectivity index (χ3v) is 4.24. The van der Waals surface area contributed by atoms with Crippen molar-refractivity contribution >= 4 is 5.97 Å². The summed E-state index contributed by atoms with van der Waals surface area (Å²) in [4.78, 5) is 11.5. The third-order valence-electron chi connectivity index (χ3n) is 4.24. The van der Waals surface area contributed by atoms with Gasteiger partial charge in [0, 0.05) is 12.5 Å². The molecule has 1 aliphatic heterocycles. The number of hydrogen-bond donors (Lipinski definition) is 1. The van der Waals surface area contributed by atoms with Crippen molar-refractivity contribution in [3.05, 3.63) is 29.3 Å². The summed E-state index contributed by atoms with van der Waals surface area (Å²) in [6, 6.07) is 6.69. The monoisotopic (exact) mass is 289 g/mol. The lowest BCUT2D eigenvalue weighted by Gasteiger charge is -2.27. The average Bonchev–Trinajstić information content (AvgIpc) is 2.90. The quantitative estimate of drug-likeness (QED) is 0.847. The van der Waals surface area contributed by atoms with Gasteiger partial charge < -0.3 is 14.8 Å². The minimum atomic E-state index is -0.430. The second kappa shape index (κ2) is 6.48. The van der Waals surface area contributed by atoms with Crippen LogP contribution in [0.5, 0.6) is 5.75 Å². The van der Waals surface area contributed by atoms with E-state index in [4.69, 9.17) is 9.47 Å². The Hall–Kier alpha value is -1.55. The van der Waals surface area contributed by atoms with Crippen molar-refractivity contribution < 1.29 is 14.3 Å².